The quantitative estimate of drug-likeness (QED) is 0.212. The van der Waals surface area contributed by atoms with E-state index in [2.05, 4.69) is 20.7 Å². The van der Waals surface area contributed by atoms with E-state index in [1.165, 1.54) is 49.9 Å². The second kappa shape index (κ2) is 13.4. The van der Waals surface area contributed by atoms with Crippen LogP contribution in [0.5, 0.6) is 11.8 Å². The largest absolute Gasteiger partial charge is 0.508 e. The molecule has 4 aromatic rings. The Morgan fingerprint density at radius 3 is 2.69 bits per heavy atom. The smallest absolute Gasteiger partial charge is 0.319 e. The van der Waals surface area contributed by atoms with E-state index in [0.717, 1.165) is 58.3 Å². The molecule has 3 aliphatic heterocycles. The van der Waals surface area contributed by atoms with Crippen molar-refractivity contribution in [2.24, 2.45) is 10.8 Å². The van der Waals surface area contributed by atoms with Gasteiger partial charge in [-0.25, -0.2) is 8.78 Å². The van der Waals surface area contributed by atoms with Crippen LogP contribution in [0.3, 0.4) is 0 Å². The molecule has 9 rings (SSSR count). The van der Waals surface area contributed by atoms with Gasteiger partial charge in [0, 0.05) is 59.8 Å². The van der Waals surface area contributed by atoms with Crippen molar-refractivity contribution in [1.29, 1.82) is 0 Å². The van der Waals surface area contributed by atoms with Gasteiger partial charge in [0.05, 0.1) is 37.4 Å². The topological polar surface area (TPSA) is 93.1 Å². The minimum Gasteiger partial charge on any atom is -0.508 e. The van der Waals surface area contributed by atoms with Gasteiger partial charge in [-0.1, -0.05) is 24.8 Å². The van der Waals surface area contributed by atoms with Crippen LogP contribution in [0.25, 0.3) is 32.9 Å². The molecule has 2 aliphatic carbocycles. The summed E-state index contributed by atoms with van der Waals surface area (Å²) in [6.45, 7) is 5.78. The third-order valence-corrected chi connectivity index (χ3v) is 12.7. The van der Waals surface area contributed by atoms with Crippen LogP contribution in [0.15, 0.2) is 30.5 Å². The highest BCUT2D eigenvalue weighted by molar-refractivity contribution is 6.03. The molecule has 0 amide bonds. The number of ether oxygens (including phenoxy) is 3. The number of rotatable bonds is 6. The zero-order valence-electron chi connectivity index (χ0n) is 29.5. The lowest BCUT2D eigenvalue weighted by atomic mass is 9.68. The van der Waals surface area contributed by atoms with Gasteiger partial charge in [-0.2, -0.15) is 9.97 Å². The van der Waals surface area contributed by atoms with Gasteiger partial charge in [-0.3, -0.25) is 9.88 Å². The summed E-state index contributed by atoms with van der Waals surface area (Å²) in [4.78, 5) is 19.1. The van der Waals surface area contributed by atoms with E-state index in [1.807, 2.05) is 0 Å². The van der Waals surface area contributed by atoms with Crippen molar-refractivity contribution < 1.29 is 28.1 Å². The van der Waals surface area contributed by atoms with E-state index in [1.54, 1.807) is 6.20 Å². The first kappa shape index (κ1) is 33.7. The lowest BCUT2D eigenvalue weighted by Gasteiger charge is -2.54. The molecule has 0 radical (unpaired) electrons. The number of phenolic OH excluding ortho intramolecular Hbond substituents is 1. The Balaban J connectivity index is 1.10. The highest BCUT2D eigenvalue weighted by Gasteiger charge is 2.52. The van der Waals surface area contributed by atoms with Crippen LogP contribution in [0.4, 0.5) is 14.6 Å². The maximum absolute atomic E-state index is 17.0. The molecule has 9 nitrogen and oxygen atoms in total. The van der Waals surface area contributed by atoms with Gasteiger partial charge >= 0.3 is 6.01 Å². The van der Waals surface area contributed by atoms with Crippen molar-refractivity contribution in [2.45, 2.75) is 76.3 Å². The predicted octanol–water partition coefficient (Wildman–Crippen LogP) is 7.01. The minimum atomic E-state index is -0.719. The third kappa shape index (κ3) is 5.74. The van der Waals surface area contributed by atoms with Crippen molar-refractivity contribution in [3.8, 4) is 35.4 Å². The number of hydrogen-bond donors (Lipinski definition) is 1. The summed E-state index contributed by atoms with van der Waals surface area (Å²) in [5, 5.41) is 11.8. The highest BCUT2D eigenvalue weighted by Crippen LogP contribution is 2.52. The molecular formula is C41H45F2N5O4. The zero-order valence-corrected chi connectivity index (χ0v) is 29.5. The number of phenols is 1. The maximum Gasteiger partial charge on any atom is 0.319 e. The number of likely N-dealkylation sites (tertiary alicyclic amines) is 1. The Bertz CT molecular complexity index is 2060. The molecule has 1 spiro atoms. The molecule has 3 atom stereocenters. The number of piperidine rings is 1. The van der Waals surface area contributed by atoms with E-state index in [0.29, 0.717) is 72.4 Å². The first-order valence-corrected chi connectivity index (χ1v) is 18.9. The van der Waals surface area contributed by atoms with Crippen molar-refractivity contribution in [3.63, 3.8) is 0 Å². The van der Waals surface area contributed by atoms with Crippen molar-refractivity contribution in [2.75, 3.05) is 57.6 Å². The number of halogens is 2. The molecular weight excluding hydrogens is 664 g/mol. The van der Waals surface area contributed by atoms with E-state index >= 15 is 4.39 Å². The summed E-state index contributed by atoms with van der Waals surface area (Å²) in [6, 6.07) is 6.73. The van der Waals surface area contributed by atoms with Gasteiger partial charge in [0.15, 0.2) is 5.82 Å². The molecule has 2 aromatic heterocycles. The summed E-state index contributed by atoms with van der Waals surface area (Å²) in [6.07, 6.45) is 18.7. The van der Waals surface area contributed by atoms with Crippen LogP contribution in [-0.2, 0) is 9.47 Å². The standard InChI is InChI=1S/C41H45F2N5O4/c1-2-29-32(42)10-9-26-19-28(49)20-30(34(26)29)36-35(43)37-31(22-44-36)38(47-14-6-17-50-18-16-47)46-39(45-37)52-25-41-12-4-8-33(41)48(15-5-13-41)27-7-3-11-40(21-27)23-51-24-40/h1,9-10,19-20,22,27,33,49H,3-8,11-18,21,23-25H2. The number of anilines is 1. The van der Waals surface area contributed by atoms with Crippen molar-refractivity contribution in [1.82, 2.24) is 19.9 Å². The fourth-order valence-corrected chi connectivity index (χ4v) is 10.2. The molecule has 2 aromatic carbocycles. The number of aromatic hydroxyl groups is 1. The second-order valence-electron chi connectivity index (χ2n) is 15.8. The first-order chi connectivity index (χ1) is 25.4. The molecule has 3 saturated heterocycles. The fourth-order valence-electron chi connectivity index (χ4n) is 10.2. The number of fused-ring (bicyclic) bond motifs is 3. The molecule has 3 unspecified atom stereocenters. The van der Waals surface area contributed by atoms with Crippen LogP contribution in [-0.4, -0.2) is 89.7 Å². The SMILES string of the molecule is C#Cc1c(F)ccc2cc(O)cc(-c3ncc4c(N5CCCOCC5)nc(OCC56CCCC5N(C5CCCC7(COC7)C5)CCC6)nc4c3F)c12. The molecule has 1 N–H and O–H groups in total. The zero-order chi connectivity index (χ0) is 35.5. The molecule has 5 aliphatic rings. The monoisotopic (exact) mass is 709 g/mol. The number of pyridine rings is 1. The summed E-state index contributed by atoms with van der Waals surface area (Å²) in [5.41, 5.74) is 0.454. The van der Waals surface area contributed by atoms with Gasteiger partial charge in [-0.05, 0) is 81.5 Å². The highest BCUT2D eigenvalue weighted by atomic mass is 19.1. The van der Waals surface area contributed by atoms with Crippen LogP contribution in [0.1, 0.15) is 69.8 Å². The van der Waals surface area contributed by atoms with Gasteiger partial charge in [0.1, 0.15) is 28.6 Å². The van der Waals surface area contributed by atoms with Crippen molar-refractivity contribution in [3.05, 3.63) is 47.7 Å². The Morgan fingerprint density at radius 1 is 0.981 bits per heavy atom. The Labute approximate surface area is 302 Å². The molecule has 5 heterocycles. The summed E-state index contributed by atoms with van der Waals surface area (Å²) >= 11 is 0. The Kier molecular flexibility index (Phi) is 8.68. The molecule has 52 heavy (non-hydrogen) atoms. The van der Waals surface area contributed by atoms with E-state index in [4.69, 9.17) is 30.6 Å². The first-order valence-electron chi connectivity index (χ1n) is 18.9. The van der Waals surface area contributed by atoms with Gasteiger partial charge < -0.3 is 24.2 Å². The lowest BCUT2D eigenvalue weighted by Crippen LogP contribution is -2.59. The predicted molar refractivity (Wildman–Crippen MR) is 194 cm³/mol. The van der Waals surface area contributed by atoms with Gasteiger partial charge in [0.25, 0.3) is 0 Å². The van der Waals surface area contributed by atoms with E-state index in [-0.39, 0.29) is 39.5 Å². The number of benzene rings is 2. The average molecular weight is 710 g/mol. The Morgan fingerprint density at radius 2 is 1.85 bits per heavy atom. The van der Waals surface area contributed by atoms with E-state index in [9.17, 15) is 9.50 Å². The fraction of sp³-hybridized carbons (Fsp3) is 0.537. The Hall–Kier alpha value is -4.11. The normalized spacial score (nSPS) is 26.2. The molecule has 2 saturated carbocycles. The van der Waals surface area contributed by atoms with Crippen LogP contribution in [0.2, 0.25) is 0 Å². The number of terminal acetylenes is 1. The third-order valence-electron chi connectivity index (χ3n) is 12.7. The van der Waals surface area contributed by atoms with Gasteiger partial charge in [0.2, 0.25) is 0 Å². The minimum absolute atomic E-state index is 0.0218. The number of aromatic nitrogens is 3. The van der Waals surface area contributed by atoms with E-state index < -0.39 is 11.6 Å². The second-order valence-corrected chi connectivity index (χ2v) is 15.8. The van der Waals surface area contributed by atoms with Crippen LogP contribution in [0, 0.1) is 34.8 Å². The summed E-state index contributed by atoms with van der Waals surface area (Å²) in [5.74, 6) is 1.50. The molecule has 0 bridgehead atoms. The number of nitrogens with zero attached hydrogens (tertiary/aromatic N) is 5. The molecule has 11 heteroatoms. The summed E-state index contributed by atoms with van der Waals surface area (Å²) < 4.78 is 50.0. The van der Waals surface area contributed by atoms with Gasteiger partial charge in [-0.15, -0.1) is 6.42 Å². The van der Waals surface area contributed by atoms with Crippen LogP contribution < -0.4 is 9.64 Å². The molecule has 5 fully saturated rings. The maximum atomic E-state index is 17.0. The number of hydrogen-bond acceptors (Lipinski definition) is 9. The lowest BCUT2D eigenvalue weighted by molar-refractivity contribution is -0.151. The summed E-state index contributed by atoms with van der Waals surface area (Å²) in [7, 11) is 0. The average Bonchev–Trinajstić information content (AvgIpc) is 3.39. The van der Waals surface area contributed by atoms with Crippen molar-refractivity contribution >= 4 is 27.5 Å². The molecule has 272 valence electrons. The van der Waals surface area contributed by atoms with Crippen LogP contribution >= 0.6 is 0 Å².